The van der Waals surface area contributed by atoms with E-state index in [2.05, 4.69) is 5.32 Å². The van der Waals surface area contributed by atoms with Crippen LogP contribution in [0.3, 0.4) is 0 Å². The van der Waals surface area contributed by atoms with E-state index in [0.29, 0.717) is 5.92 Å². The molecular formula is C15H17F3N2O. The maximum atomic E-state index is 13.2. The van der Waals surface area contributed by atoms with Crippen LogP contribution in [0.2, 0.25) is 0 Å². The molecule has 2 aliphatic rings. The molecule has 21 heavy (non-hydrogen) atoms. The summed E-state index contributed by atoms with van der Waals surface area (Å²) in [5.74, 6) is 0.283. The quantitative estimate of drug-likeness (QED) is 0.930. The van der Waals surface area contributed by atoms with Gasteiger partial charge in [0.05, 0.1) is 12.1 Å². The van der Waals surface area contributed by atoms with E-state index < -0.39 is 17.9 Å². The fraction of sp³-hybridized carbons (Fsp3) is 0.533. The zero-order valence-corrected chi connectivity index (χ0v) is 11.7. The molecule has 1 aromatic rings. The number of nitrogens with one attached hydrogen (secondary N) is 1. The predicted molar refractivity (Wildman–Crippen MR) is 71.2 cm³/mol. The smallest absolute Gasteiger partial charge is 0.319 e. The van der Waals surface area contributed by atoms with E-state index in [0.717, 1.165) is 18.9 Å². The number of nitrogens with zero attached hydrogens (tertiary/aromatic N) is 1. The average Bonchev–Trinajstić information content (AvgIpc) is 3.20. The van der Waals surface area contributed by atoms with Crippen LogP contribution in [0, 0.1) is 5.92 Å². The Kier molecular flexibility index (Phi) is 3.43. The zero-order chi connectivity index (χ0) is 15.2. The van der Waals surface area contributed by atoms with Crippen molar-refractivity contribution in [2.45, 2.75) is 38.1 Å². The second kappa shape index (κ2) is 5.02. The summed E-state index contributed by atoms with van der Waals surface area (Å²) in [6.07, 6.45) is -3.03. The Bertz CT molecular complexity index is 554. The van der Waals surface area contributed by atoms with E-state index in [-0.39, 0.29) is 24.1 Å². The molecule has 1 heterocycles. The zero-order valence-electron chi connectivity index (χ0n) is 11.7. The number of carbonyl (C=O) groups excluding carboxylic acids is 1. The van der Waals surface area contributed by atoms with E-state index in [1.165, 1.54) is 12.1 Å². The van der Waals surface area contributed by atoms with Gasteiger partial charge in [0.15, 0.2) is 0 Å². The molecule has 0 spiro atoms. The maximum absolute atomic E-state index is 13.2. The minimum atomic E-state index is -4.42. The minimum absolute atomic E-state index is 0.0289. The van der Waals surface area contributed by atoms with Crippen LogP contribution in [0.1, 0.15) is 37.1 Å². The van der Waals surface area contributed by atoms with Crippen molar-refractivity contribution in [3.8, 4) is 0 Å². The molecular weight excluding hydrogens is 281 g/mol. The van der Waals surface area contributed by atoms with Crippen LogP contribution in [0.25, 0.3) is 0 Å². The lowest BCUT2D eigenvalue weighted by molar-refractivity contribution is -0.140. The van der Waals surface area contributed by atoms with E-state index in [9.17, 15) is 18.0 Å². The Morgan fingerprint density at radius 1 is 1.29 bits per heavy atom. The molecule has 0 bridgehead atoms. The highest BCUT2D eigenvalue weighted by Gasteiger charge is 2.44. The van der Waals surface area contributed by atoms with Gasteiger partial charge in [-0.3, -0.25) is 10.1 Å². The van der Waals surface area contributed by atoms with Gasteiger partial charge in [-0.1, -0.05) is 18.2 Å². The van der Waals surface area contributed by atoms with Crippen molar-refractivity contribution in [1.29, 1.82) is 0 Å². The Labute approximate surface area is 121 Å². The number of amides is 1. The number of alkyl halides is 3. The molecule has 114 valence electrons. The molecule has 0 aromatic heterocycles. The van der Waals surface area contributed by atoms with Crippen molar-refractivity contribution >= 4 is 5.91 Å². The van der Waals surface area contributed by atoms with Crippen molar-refractivity contribution in [3.63, 3.8) is 0 Å². The molecule has 1 amide bonds. The summed E-state index contributed by atoms with van der Waals surface area (Å²) in [5, 5.41) is 2.93. The third-order valence-electron chi connectivity index (χ3n) is 4.32. The van der Waals surface area contributed by atoms with Crippen LogP contribution >= 0.6 is 0 Å². The fourth-order valence-corrected chi connectivity index (χ4v) is 3.04. The Morgan fingerprint density at radius 3 is 2.57 bits per heavy atom. The molecule has 2 fully saturated rings. The highest BCUT2D eigenvalue weighted by atomic mass is 19.4. The molecule has 3 rings (SSSR count). The van der Waals surface area contributed by atoms with Gasteiger partial charge >= 0.3 is 6.18 Å². The van der Waals surface area contributed by atoms with Crippen LogP contribution in [0.5, 0.6) is 0 Å². The average molecular weight is 298 g/mol. The van der Waals surface area contributed by atoms with Gasteiger partial charge in [0.25, 0.3) is 0 Å². The summed E-state index contributed by atoms with van der Waals surface area (Å²) in [4.78, 5) is 13.7. The second-order valence-corrected chi connectivity index (χ2v) is 5.75. The van der Waals surface area contributed by atoms with Crippen LogP contribution in [-0.2, 0) is 11.0 Å². The van der Waals surface area contributed by atoms with Gasteiger partial charge in [-0.05, 0) is 31.7 Å². The molecule has 6 heteroatoms. The topological polar surface area (TPSA) is 32.3 Å². The normalized spacial score (nSPS) is 24.5. The lowest BCUT2D eigenvalue weighted by Gasteiger charge is -2.32. The SMILES string of the molecule is CC(C1CC1)N1C(=O)CNC1c1ccccc1C(F)(F)F. The van der Waals surface area contributed by atoms with Gasteiger partial charge in [0, 0.05) is 11.6 Å². The molecule has 1 aliphatic heterocycles. The van der Waals surface area contributed by atoms with Gasteiger partial charge in [0.2, 0.25) is 5.91 Å². The Morgan fingerprint density at radius 2 is 1.95 bits per heavy atom. The van der Waals surface area contributed by atoms with Crippen molar-refractivity contribution in [2.24, 2.45) is 5.92 Å². The maximum Gasteiger partial charge on any atom is 0.416 e. The molecule has 1 N–H and O–H groups in total. The lowest BCUT2D eigenvalue weighted by Crippen LogP contribution is -2.39. The van der Waals surface area contributed by atoms with Gasteiger partial charge in [-0.25, -0.2) is 0 Å². The molecule has 2 unspecified atom stereocenters. The number of hydrogen-bond acceptors (Lipinski definition) is 2. The van der Waals surface area contributed by atoms with Crippen molar-refractivity contribution in [2.75, 3.05) is 6.54 Å². The van der Waals surface area contributed by atoms with Crippen LogP contribution in [0.4, 0.5) is 13.2 Å². The molecule has 0 radical (unpaired) electrons. The summed E-state index contributed by atoms with van der Waals surface area (Å²) in [6.45, 7) is 2.01. The molecule has 3 nitrogen and oxygen atoms in total. The highest BCUT2D eigenvalue weighted by Crippen LogP contribution is 2.41. The first-order valence-corrected chi connectivity index (χ1v) is 7.10. The standard InChI is InChI=1S/C15H17F3N2O/c1-9(10-6-7-10)20-13(21)8-19-14(20)11-4-2-3-5-12(11)15(16,17)18/h2-5,9-10,14,19H,6-8H2,1H3. The first kappa shape index (κ1) is 14.4. The Hall–Kier alpha value is -1.56. The van der Waals surface area contributed by atoms with E-state index in [4.69, 9.17) is 0 Å². The highest BCUT2D eigenvalue weighted by molar-refractivity contribution is 5.81. The fourth-order valence-electron chi connectivity index (χ4n) is 3.04. The van der Waals surface area contributed by atoms with Crippen LogP contribution in [-0.4, -0.2) is 23.4 Å². The second-order valence-electron chi connectivity index (χ2n) is 5.75. The molecule has 1 aromatic carbocycles. The molecule has 2 atom stereocenters. The summed E-state index contributed by atoms with van der Waals surface area (Å²) < 4.78 is 39.5. The number of benzene rings is 1. The number of carbonyl (C=O) groups is 1. The third-order valence-corrected chi connectivity index (χ3v) is 4.32. The molecule has 1 saturated carbocycles. The van der Waals surface area contributed by atoms with Gasteiger partial charge in [0.1, 0.15) is 6.17 Å². The van der Waals surface area contributed by atoms with Crippen molar-refractivity contribution in [3.05, 3.63) is 35.4 Å². The minimum Gasteiger partial charge on any atom is -0.319 e. The van der Waals surface area contributed by atoms with Gasteiger partial charge in [-0.15, -0.1) is 0 Å². The first-order valence-electron chi connectivity index (χ1n) is 7.10. The molecule has 1 aliphatic carbocycles. The third kappa shape index (κ3) is 2.64. The summed E-state index contributed by atoms with van der Waals surface area (Å²) in [7, 11) is 0. The van der Waals surface area contributed by atoms with Crippen molar-refractivity contribution in [1.82, 2.24) is 10.2 Å². The number of hydrogen-bond donors (Lipinski definition) is 1. The van der Waals surface area contributed by atoms with Gasteiger partial charge < -0.3 is 4.90 Å². The van der Waals surface area contributed by atoms with E-state index in [1.54, 1.807) is 11.0 Å². The van der Waals surface area contributed by atoms with E-state index in [1.807, 2.05) is 6.92 Å². The summed E-state index contributed by atoms with van der Waals surface area (Å²) >= 11 is 0. The lowest BCUT2D eigenvalue weighted by atomic mass is 10.0. The summed E-state index contributed by atoms with van der Waals surface area (Å²) in [5.41, 5.74) is -0.548. The van der Waals surface area contributed by atoms with Crippen molar-refractivity contribution < 1.29 is 18.0 Å². The predicted octanol–water partition coefficient (Wildman–Crippen LogP) is 2.93. The number of rotatable bonds is 3. The Balaban J connectivity index is 1.97. The largest absolute Gasteiger partial charge is 0.416 e. The summed E-state index contributed by atoms with van der Waals surface area (Å²) in [6, 6.07) is 5.44. The van der Waals surface area contributed by atoms with Gasteiger partial charge in [-0.2, -0.15) is 13.2 Å². The van der Waals surface area contributed by atoms with Crippen LogP contribution < -0.4 is 5.32 Å². The first-order chi connectivity index (χ1) is 9.89. The van der Waals surface area contributed by atoms with E-state index >= 15 is 0 Å². The van der Waals surface area contributed by atoms with Crippen LogP contribution in [0.15, 0.2) is 24.3 Å². The monoisotopic (exact) mass is 298 g/mol. The molecule has 1 saturated heterocycles. The number of halogens is 3.